The van der Waals surface area contributed by atoms with E-state index < -0.39 is 0 Å². The standard InChI is InChI=1S/C40H24/c1-2-7-30-23-38-31(22-29(30)6-1)20-21-35-33(11-5-12-34(35)38)25-14-16-26(17-15-25)37-24-32-10-3-8-27-18-19-28-9-4-13-36(37)40(28)39(27)32/h1-24H/i14D,15D,16D,17D. The molecule has 0 aromatic heterocycles. The van der Waals surface area contributed by atoms with E-state index >= 15 is 0 Å². The molecular weight excluding hydrogens is 480 g/mol. The zero-order valence-electron chi connectivity index (χ0n) is 25.5. The summed E-state index contributed by atoms with van der Waals surface area (Å²) in [5.41, 5.74) is 2.09. The first-order valence-corrected chi connectivity index (χ1v) is 13.6. The Hall–Kier alpha value is -5.20. The van der Waals surface area contributed by atoms with Gasteiger partial charge in [0.05, 0.1) is 5.48 Å². The molecule has 0 fully saturated rings. The molecule has 0 N–H and O–H groups in total. The third-order valence-corrected chi connectivity index (χ3v) is 8.42. The van der Waals surface area contributed by atoms with E-state index in [-0.39, 0.29) is 24.2 Å². The lowest BCUT2D eigenvalue weighted by atomic mass is 9.88. The average molecular weight is 509 g/mol. The van der Waals surface area contributed by atoms with Crippen molar-refractivity contribution in [1.29, 1.82) is 0 Å². The summed E-state index contributed by atoms with van der Waals surface area (Å²) >= 11 is 0. The van der Waals surface area contributed by atoms with Gasteiger partial charge in [-0.1, -0.05) is 127 Å². The molecule has 0 heterocycles. The van der Waals surface area contributed by atoms with Crippen LogP contribution in [0.5, 0.6) is 0 Å². The van der Waals surface area contributed by atoms with E-state index in [9.17, 15) is 5.48 Å². The van der Waals surface area contributed by atoms with Gasteiger partial charge in [-0.2, -0.15) is 0 Å². The predicted octanol–water partition coefficient (Wildman–Crippen LogP) is 11.4. The van der Waals surface area contributed by atoms with Crippen LogP contribution in [-0.2, 0) is 0 Å². The van der Waals surface area contributed by atoms with Gasteiger partial charge >= 0.3 is 0 Å². The van der Waals surface area contributed by atoms with Crippen molar-refractivity contribution in [3.05, 3.63) is 145 Å². The summed E-state index contributed by atoms with van der Waals surface area (Å²) in [5.74, 6) is 0. The van der Waals surface area contributed by atoms with Crippen molar-refractivity contribution >= 4 is 64.6 Å². The summed E-state index contributed by atoms with van der Waals surface area (Å²) < 4.78 is 37.1. The monoisotopic (exact) mass is 508 g/mol. The Morgan fingerprint density at radius 3 is 1.75 bits per heavy atom. The van der Waals surface area contributed by atoms with E-state index in [1.54, 1.807) is 0 Å². The van der Waals surface area contributed by atoms with Gasteiger partial charge in [-0.3, -0.25) is 0 Å². The molecule has 0 amide bonds. The first-order chi connectivity index (χ1) is 21.5. The third-order valence-electron chi connectivity index (χ3n) is 8.42. The lowest BCUT2D eigenvalue weighted by Gasteiger charge is -2.15. The lowest BCUT2D eigenvalue weighted by molar-refractivity contribution is 1.64. The molecule has 0 bridgehead atoms. The van der Waals surface area contributed by atoms with Gasteiger partial charge in [-0.25, -0.2) is 0 Å². The molecule has 0 aliphatic carbocycles. The molecule has 0 heteroatoms. The van der Waals surface area contributed by atoms with Crippen molar-refractivity contribution in [3.63, 3.8) is 0 Å². The summed E-state index contributed by atoms with van der Waals surface area (Å²) in [6, 6.07) is 41.2. The molecule has 40 heavy (non-hydrogen) atoms. The zero-order chi connectivity index (χ0) is 29.7. The number of hydrogen-bond donors (Lipinski definition) is 0. The van der Waals surface area contributed by atoms with Crippen LogP contribution in [0.4, 0.5) is 0 Å². The van der Waals surface area contributed by atoms with E-state index in [0.29, 0.717) is 16.7 Å². The number of rotatable bonds is 2. The normalized spacial score (nSPS) is 13.4. The van der Waals surface area contributed by atoms with Gasteiger partial charge in [0.25, 0.3) is 0 Å². The maximum Gasteiger partial charge on any atom is 0.0629 e. The largest absolute Gasteiger partial charge is 0.0629 e. The Kier molecular flexibility index (Phi) is 3.70. The highest BCUT2D eigenvalue weighted by Crippen LogP contribution is 2.41. The molecule has 9 rings (SSSR count). The summed E-state index contributed by atoms with van der Waals surface area (Å²) in [6.07, 6.45) is 0. The lowest BCUT2D eigenvalue weighted by Crippen LogP contribution is -1.88. The van der Waals surface area contributed by atoms with Crippen LogP contribution >= 0.6 is 0 Å². The molecule has 0 aliphatic heterocycles. The summed E-state index contributed by atoms with van der Waals surface area (Å²) in [5, 5.41) is 12.9. The topological polar surface area (TPSA) is 0 Å². The van der Waals surface area contributed by atoms with Crippen LogP contribution in [0.15, 0.2) is 145 Å². The maximum absolute atomic E-state index is 9.28. The number of benzene rings is 9. The molecule has 0 atom stereocenters. The van der Waals surface area contributed by atoms with Crippen LogP contribution < -0.4 is 0 Å². The van der Waals surface area contributed by atoms with Crippen LogP contribution in [0.3, 0.4) is 0 Å². The molecule has 0 saturated heterocycles. The second-order valence-electron chi connectivity index (χ2n) is 10.6. The fourth-order valence-electron chi connectivity index (χ4n) is 6.55. The second-order valence-corrected chi connectivity index (χ2v) is 10.6. The Balaban J connectivity index is 1.33. The Morgan fingerprint density at radius 2 is 0.925 bits per heavy atom. The Bertz CT molecular complexity index is 2620. The van der Waals surface area contributed by atoms with Crippen molar-refractivity contribution in [2.45, 2.75) is 0 Å². The van der Waals surface area contributed by atoms with E-state index in [1.807, 2.05) is 54.6 Å². The second kappa shape index (κ2) is 8.15. The smallest absolute Gasteiger partial charge is 0.0616 e. The highest BCUT2D eigenvalue weighted by molar-refractivity contribution is 6.26. The highest BCUT2D eigenvalue weighted by atomic mass is 14.2. The number of hydrogen-bond acceptors (Lipinski definition) is 0. The Morgan fingerprint density at radius 1 is 0.325 bits per heavy atom. The quantitative estimate of drug-likeness (QED) is 0.161. The van der Waals surface area contributed by atoms with Gasteiger partial charge in [-0.05, 0) is 105 Å². The Labute approximate surface area is 237 Å². The first-order valence-electron chi connectivity index (χ1n) is 15.6. The van der Waals surface area contributed by atoms with Gasteiger partial charge < -0.3 is 0 Å². The fraction of sp³-hybridized carbons (Fsp3) is 0. The van der Waals surface area contributed by atoms with E-state index in [1.165, 1.54) is 5.39 Å². The highest BCUT2D eigenvalue weighted by Gasteiger charge is 2.14. The van der Waals surface area contributed by atoms with Gasteiger partial charge in [-0.15, -0.1) is 0 Å². The van der Waals surface area contributed by atoms with Gasteiger partial charge in [0, 0.05) is 0 Å². The summed E-state index contributed by atoms with van der Waals surface area (Å²) in [4.78, 5) is 0. The maximum atomic E-state index is 9.28. The molecule has 0 spiro atoms. The summed E-state index contributed by atoms with van der Waals surface area (Å²) in [7, 11) is 0. The minimum Gasteiger partial charge on any atom is -0.0616 e. The number of fused-ring (bicyclic) bond motifs is 4. The van der Waals surface area contributed by atoms with Crippen LogP contribution in [-0.4, -0.2) is 0 Å². The van der Waals surface area contributed by atoms with Crippen LogP contribution in [0, 0.1) is 0 Å². The van der Waals surface area contributed by atoms with Crippen molar-refractivity contribution in [2.75, 3.05) is 0 Å². The van der Waals surface area contributed by atoms with E-state index in [4.69, 9.17) is 0 Å². The molecule has 9 aromatic rings. The van der Waals surface area contributed by atoms with Crippen LogP contribution in [0.25, 0.3) is 86.9 Å². The van der Waals surface area contributed by atoms with E-state index in [2.05, 4.69) is 66.7 Å². The molecule has 9 aromatic carbocycles. The minimum absolute atomic E-state index is 0.0282. The van der Waals surface area contributed by atoms with Crippen molar-refractivity contribution < 1.29 is 5.48 Å². The molecule has 0 radical (unpaired) electrons. The van der Waals surface area contributed by atoms with Crippen LogP contribution in [0.1, 0.15) is 5.48 Å². The van der Waals surface area contributed by atoms with E-state index in [0.717, 1.165) is 64.8 Å². The zero-order valence-corrected chi connectivity index (χ0v) is 21.5. The van der Waals surface area contributed by atoms with Crippen molar-refractivity contribution in [1.82, 2.24) is 0 Å². The average Bonchev–Trinajstić information content (AvgIpc) is 3.06. The first kappa shape index (κ1) is 18.2. The molecule has 0 nitrogen and oxygen atoms in total. The van der Waals surface area contributed by atoms with Gasteiger partial charge in [0.2, 0.25) is 0 Å². The third kappa shape index (κ3) is 3.08. The predicted molar refractivity (Wildman–Crippen MR) is 174 cm³/mol. The van der Waals surface area contributed by atoms with Gasteiger partial charge in [0.15, 0.2) is 0 Å². The van der Waals surface area contributed by atoms with Crippen molar-refractivity contribution in [3.8, 4) is 22.3 Å². The van der Waals surface area contributed by atoms with Gasteiger partial charge in [0.1, 0.15) is 0 Å². The SMILES string of the molecule is [2H]c1c([2H])c(-c2cc3cccc4ccc5cccc2c5c43)c([2H])c([2H])c1-c1cccc2c1ccc1cc3ccccc3cc12. The van der Waals surface area contributed by atoms with Crippen molar-refractivity contribution in [2.24, 2.45) is 0 Å². The molecule has 0 saturated carbocycles. The minimum atomic E-state index is -0.0303. The van der Waals surface area contributed by atoms with Crippen LogP contribution in [0.2, 0.25) is 0 Å². The molecule has 0 aliphatic rings. The summed E-state index contributed by atoms with van der Waals surface area (Å²) in [6.45, 7) is 0. The molecule has 184 valence electrons. The molecular formula is C40H24. The fourth-order valence-corrected chi connectivity index (χ4v) is 6.55. The molecule has 0 unspecified atom stereocenters.